The van der Waals surface area contributed by atoms with Crippen molar-refractivity contribution in [3.05, 3.63) is 0 Å². The van der Waals surface area contributed by atoms with E-state index in [4.69, 9.17) is 5.73 Å². The maximum absolute atomic E-state index is 11.7. The Bertz CT molecular complexity index is 294. The van der Waals surface area contributed by atoms with Crippen LogP contribution in [0.5, 0.6) is 0 Å². The van der Waals surface area contributed by atoms with Crippen LogP contribution in [0, 0.1) is 5.92 Å². The summed E-state index contributed by atoms with van der Waals surface area (Å²) in [6, 6.07) is -0.635. The lowest BCUT2D eigenvalue weighted by molar-refractivity contribution is -0.124. The number of hydrogen-bond donors (Lipinski definition) is 1. The molecule has 0 saturated carbocycles. The van der Waals surface area contributed by atoms with Crippen molar-refractivity contribution >= 4 is 15.6 Å². The molecule has 15 heavy (non-hydrogen) atoms. The van der Waals surface area contributed by atoms with Crippen molar-refractivity contribution < 1.29 is 13.2 Å². The average molecular weight is 235 g/mol. The fourth-order valence-corrected chi connectivity index (χ4v) is 2.16. The minimum Gasteiger partial charge on any atom is -0.321 e. The number of hydrogen-bond acceptors (Lipinski definition) is 4. The second-order valence-electron chi connectivity index (χ2n) is 3.94. The number of nitrogens with two attached hydrogens (primary N) is 1. The Hall–Kier alpha value is -0.420. The highest BCUT2D eigenvalue weighted by Gasteiger charge is 2.22. The molecule has 0 aromatic carbocycles. The predicted molar refractivity (Wildman–Crippen MR) is 61.4 cm³/mol. The average Bonchev–Trinajstić information content (AvgIpc) is 2.14. The minimum absolute atomic E-state index is 0.0105. The van der Waals surface area contributed by atoms with Crippen molar-refractivity contribution in [2.75, 3.05) is 12.0 Å². The van der Waals surface area contributed by atoms with Gasteiger partial charge in [-0.05, 0) is 19.3 Å². The summed E-state index contributed by atoms with van der Waals surface area (Å²) < 4.78 is 21.8. The molecular formula is C10H21NO3S. The van der Waals surface area contributed by atoms with E-state index < -0.39 is 15.9 Å². The van der Waals surface area contributed by atoms with Crippen LogP contribution in [-0.2, 0) is 14.6 Å². The Balaban J connectivity index is 4.21. The SMILES string of the molecule is CCC(CC)C(=O)C(N)CCS(C)(=O)=O. The van der Waals surface area contributed by atoms with Crippen LogP contribution in [0.3, 0.4) is 0 Å². The second-order valence-corrected chi connectivity index (χ2v) is 6.20. The second kappa shape index (κ2) is 6.23. The molecule has 0 aliphatic heterocycles. The number of sulfone groups is 1. The van der Waals surface area contributed by atoms with E-state index in [0.717, 1.165) is 19.1 Å². The quantitative estimate of drug-likeness (QED) is 0.706. The molecule has 1 unspecified atom stereocenters. The molecule has 0 saturated heterocycles. The van der Waals surface area contributed by atoms with Gasteiger partial charge in [0.15, 0.2) is 5.78 Å². The lowest BCUT2D eigenvalue weighted by atomic mass is 9.92. The fraction of sp³-hybridized carbons (Fsp3) is 0.900. The van der Waals surface area contributed by atoms with Crippen LogP contribution in [0.15, 0.2) is 0 Å². The molecule has 1 atom stereocenters. The summed E-state index contributed by atoms with van der Waals surface area (Å²) in [5.74, 6) is -0.0525. The van der Waals surface area contributed by atoms with Gasteiger partial charge in [0.2, 0.25) is 0 Å². The van der Waals surface area contributed by atoms with Gasteiger partial charge in [0.1, 0.15) is 9.84 Å². The third-order valence-corrected chi connectivity index (χ3v) is 3.53. The first-order valence-electron chi connectivity index (χ1n) is 5.28. The largest absolute Gasteiger partial charge is 0.321 e. The first kappa shape index (κ1) is 14.6. The maximum atomic E-state index is 11.7. The first-order chi connectivity index (χ1) is 6.81. The van der Waals surface area contributed by atoms with E-state index in [1.165, 1.54) is 0 Å². The number of rotatable bonds is 7. The molecule has 0 aromatic rings. The van der Waals surface area contributed by atoms with Crippen molar-refractivity contribution in [3.63, 3.8) is 0 Å². The van der Waals surface area contributed by atoms with Crippen molar-refractivity contribution in [1.82, 2.24) is 0 Å². The van der Waals surface area contributed by atoms with Crippen LogP contribution in [-0.4, -0.2) is 32.3 Å². The summed E-state index contributed by atoms with van der Waals surface area (Å²) in [6.07, 6.45) is 2.92. The van der Waals surface area contributed by atoms with Gasteiger partial charge in [0.25, 0.3) is 0 Å². The molecule has 0 aliphatic rings. The lowest BCUT2D eigenvalue weighted by Crippen LogP contribution is -2.36. The summed E-state index contributed by atoms with van der Waals surface area (Å²) in [5.41, 5.74) is 5.66. The third-order valence-electron chi connectivity index (χ3n) is 2.55. The molecular weight excluding hydrogens is 214 g/mol. The van der Waals surface area contributed by atoms with E-state index in [-0.39, 0.29) is 23.9 Å². The monoisotopic (exact) mass is 235 g/mol. The Morgan fingerprint density at radius 2 is 1.73 bits per heavy atom. The summed E-state index contributed by atoms with van der Waals surface area (Å²) in [6.45, 7) is 3.88. The number of carbonyl (C=O) groups excluding carboxylic acids is 1. The Kier molecular flexibility index (Phi) is 6.05. The zero-order valence-electron chi connectivity index (χ0n) is 9.69. The smallest absolute Gasteiger partial charge is 0.152 e. The summed E-state index contributed by atoms with van der Waals surface area (Å²) in [5, 5.41) is 0. The molecule has 4 nitrogen and oxygen atoms in total. The normalized spacial score (nSPS) is 14.2. The summed E-state index contributed by atoms with van der Waals surface area (Å²) in [4.78, 5) is 11.7. The molecule has 0 fully saturated rings. The predicted octanol–water partition coefficient (Wildman–Crippen LogP) is 0.754. The van der Waals surface area contributed by atoms with E-state index in [0.29, 0.717) is 0 Å². The van der Waals surface area contributed by atoms with E-state index >= 15 is 0 Å². The molecule has 5 heteroatoms. The zero-order chi connectivity index (χ0) is 12.1. The molecule has 2 N–H and O–H groups in total. The van der Waals surface area contributed by atoms with Gasteiger partial charge in [0, 0.05) is 12.2 Å². The zero-order valence-corrected chi connectivity index (χ0v) is 10.5. The first-order valence-corrected chi connectivity index (χ1v) is 7.34. The van der Waals surface area contributed by atoms with Crippen LogP contribution in [0.4, 0.5) is 0 Å². The standard InChI is InChI=1S/C10H21NO3S/c1-4-8(5-2)10(12)9(11)6-7-15(3,13)14/h8-9H,4-7,11H2,1-3H3. The van der Waals surface area contributed by atoms with Crippen molar-refractivity contribution in [3.8, 4) is 0 Å². The molecule has 0 bridgehead atoms. The van der Waals surface area contributed by atoms with Gasteiger partial charge in [0.05, 0.1) is 11.8 Å². The maximum Gasteiger partial charge on any atom is 0.152 e. The summed E-state index contributed by atoms with van der Waals surface area (Å²) >= 11 is 0. The van der Waals surface area contributed by atoms with Gasteiger partial charge in [-0.15, -0.1) is 0 Å². The van der Waals surface area contributed by atoms with Gasteiger partial charge in [-0.2, -0.15) is 0 Å². The van der Waals surface area contributed by atoms with Crippen molar-refractivity contribution in [1.29, 1.82) is 0 Å². The molecule has 0 amide bonds. The third kappa shape index (κ3) is 5.89. The van der Waals surface area contributed by atoms with E-state index in [9.17, 15) is 13.2 Å². The van der Waals surface area contributed by atoms with Crippen molar-refractivity contribution in [2.24, 2.45) is 11.7 Å². The van der Waals surface area contributed by atoms with E-state index in [1.54, 1.807) is 0 Å². The molecule has 90 valence electrons. The highest BCUT2D eigenvalue weighted by Crippen LogP contribution is 2.12. The van der Waals surface area contributed by atoms with E-state index in [2.05, 4.69) is 0 Å². The molecule has 0 radical (unpaired) electrons. The highest BCUT2D eigenvalue weighted by atomic mass is 32.2. The Morgan fingerprint density at radius 1 is 1.27 bits per heavy atom. The summed E-state index contributed by atoms with van der Waals surface area (Å²) in [7, 11) is -3.02. The number of carbonyl (C=O) groups is 1. The Morgan fingerprint density at radius 3 is 2.07 bits per heavy atom. The lowest BCUT2D eigenvalue weighted by Gasteiger charge is -2.16. The van der Waals surface area contributed by atoms with Gasteiger partial charge >= 0.3 is 0 Å². The van der Waals surface area contributed by atoms with Crippen LogP contribution in [0.25, 0.3) is 0 Å². The molecule has 0 spiro atoms. The van der Waals surface area contributed by atoms with E-state index in [1.807, 2.05) is 13.8 Å². The minimum atomic E-state index is -3.02. The van der Waals surface area contributed by atoms with Gasteiger partial charge in [-0.3, -0.25) is 4.79 Å². The fourth-order valence-electron chi connectivity index (χ4n) is 1.48. The Labute approximate surface area is 92.2 Å². The molecule has 0 aromatic heterocycles. The number of Topliss-reactive ketones (excluding diaryl/α,β-unsaturated/α-hetero) is 1. The topological polar surface area (TPSA) is 77.2 Å². The molecule has 0 heterocycles. The molecule has 0 rings (SSSR count). The van der Waals surface area contributed by atoms with Gasteiger partial charge in [-0.1, -0.05) is 13.8 Å². The van der Waals surface area contributed by atoms with Gasteiger partial charge in [-0.25, -0.2) is 8.42 Å². The van der Waals surface area contributed by atoms with Crippen LogP contribution < -0.4 is 5.73 Å². The van der Waals surface area contributed by atoms with Gasteiger partial charge < -0.3 is 5.73 Å². The van der Waals surface area contributed by atoms with Crippen LogP contribution in [0.1, 0.15) is 33.1 Å². The molecule has 0 aliphatic carbocycles. The highest BCUT2D eigenvalue weighted by molar-refractivity contribution is 7.90. The van der Waals surface area contributed by atoms with Crippen molar-refractivity contribution in [2.45, 2.75) is 39.2 Å². The van der Waals surface area contributed by atoms with Crippen LogP contribution in [0.2, 0.25) is 0 Å². The number of ketones is 1. The van der Waals surface area contributed by atoms with Crippen LogP contribution >= 0.6 is 0 Å².